The van der Waals surface area contributed by atoms with Gasteiger partial charge in [-0.2, -0.15) is 0 Å². The molecule has 0 amide bonds. The minimum absolute atomic E-state index is 0. The molecule has 8 heteroatoms. The highest BCUT2D eigenvalue weighted by molar-refractivity contribution is 14.0. The molecule has 1 aliphatic rings. The van der Waals surface area contributed by atoms with Gasteiger partial charge in [-0.15, -0.1) is 24.0 Å². The van der Waals surface area contributed by atoms with Crippen LogP contribution in [0.3, 0.4) is 0 Å². The van der Waals surface area contributed by atoms with Crippen LogP contribution >= 0.6 is 35.6 Å². The quantitative estimate of drug-likeness (QED) is 0.317. The summed E-state index contributed by atoms with van der Waals surface area (Å²) in [7, 11) is 0. The fraction of sp³-hybridized carbons (Fsp3) is 0.381. The molecule has 0 aliphatic carbocycles. The molecule has 5 nitrogen and oxygen atoms in total. The van der Waals surface area contributed by atoms with Crippen molar-refractivity contribution >= 4 is 41.5 Å². The molecule has 0 fully saturated rings. The van der Waals surface area contributed by atoms with Gasteiger partial charge in [0.05, 0.1) is 6.61 Å². The van der Waals surface area contributed by atoms with Crippen LogP contribution in [0.15, 0.2) is 41.4 Å². The van der Waals surface area contributed by atoms with Crippen molar-refractivity contribution in [1.29, 1.82) is 0 Å². The van der Waals surface area contributed by atoms with Crippen LogP contribution in [-0.4, -0.2) is 32.4 Å². The Morgan fingerprint density at radius 1 is 1.17 bits per heavy atom. The summed E-state index contributed by atoms with van der Waals surface area (Å²) in [6, 6.07) is 10.8. The number of nitrogens with one attached hydrogen (secondary N) is 2. The smallest absolute Gasteiger partial charge is 0.191 e. The predicted octanol–water partition coefficient (Wildman–Crippen LogP) is 4.30. The van der Waals surface area contributed by atoms with Gasteiger partial charge in [0.2, 0.25) is 0 Å². The maximum atomic E-state index is 13.8. The lowest BCUT2D eigenvalue weighted by molar-refractivity contribution is -0.0172. The number of benzene rings is 2. The minimum Gasteiger partial charge on any atom is -0.467 e. The molecule has 158 valence electrons. The summed E-state index contributed by atoms with van der Waals surface area (Å²) in [5, 5.41) is 7.28. The fourth-order valence-electron chi connectivity index (χ4n) is 3.09. The number of hydrogen-bond acceptors (Lipinski definition) is 3. The van der Waals surface area contributed by atoms with Crippen molar-refractivity contribution in [3.63, 3.8) is 0 Å². The summed E-state index contributed by atoms with van der Waals surface area (Å²) >= 11 is 6.19. The third-order valence-electron chi connectivity index (χ3n) is 4.39. The van der Waals surface area contributed by atoms with E-state index in [0.717, 1.165) is 46.4 Å². The van der Waals surface area contributed by atoms with E-state index in [1.807, 2.05) is 31.2 Å². The predicted molar refractivity (Wildman–Crippen MR) is 125 cm³/mol. The molecule has 2 aromatic carbocycles. The van der Waals surface area contributed by atoms with Gasteiger partial charge in [-0.25, -0.2) is 4.39 Å². The van der Waals surface area contributed by atoms with Crippen LogP contribution in [0, 0.1) is 5.82 Å². The second-order valence-electron chi connectivity index (χ2n) is 6.44. The van der Waals surface area contributed by atoms with Crippen molar-refractivity contribution in [3.05, 3.63) is 63.9 Å². The van der Waals surface area contributed by atoms with Crippen molar-refractivity contribution in [2.45, 2.75) is 26.4 Å². The Kier molecular flexibility index (Phi) is 9.96. The lowest BCUT2D eigenvalue weighted by Gasteiger charge is -2.21. The van der Waals surface area contributed by atoms with Crippen LogP contribution in [0.4, 0.5) is 4.39 Å². The topological polar surface area (TPSA) is 54.9 Å². The number of guanidine groups is 1. The largest absolute Gasteiger partial charge is 0.467 e. The third kappa shape index (κ3) is 7.01. The van der Waals surface area contributed by atoms with Gasteiger partial charge in [0.1, 0.15) is 11.6 Å². The molecule has 0 radical (unpaired) electrons. The molecular weight excluding hydrogens is 508 g/mol. The molecule has 1 aliphatic heterocycles. The van der Waals surface area contributed by atoms with Crippen molar-refractivity contribution in [2.24, 2.45) is 4.99 Å². The molecule has 0 saturated carbocycles. The maximum absolute atomic E-state index is 13.8. The SMILES string of the molecule is CCNC(=NCCc1ccccc1Cl)NCCc1cc(F)cc2c1OCOC2.I. The summed E-state index contributed by atoms with van der Waals surface area (Å²) < 4.78 is 24.6. The third-order valence-corrected chi connectivity index (χ3v) is 4.76. The Balaban J connectivity index is 0.00000300. The average molecular weight is 534 g/mol. The fourth-order valence-corrected chi connectivity index (χ4v) is 3.32. The highest BCUT2D eigenvalue weighted by Crippen LogP contribution is 2.29. The number of fused-ring (bicyclic) bond motifs is 1. The molecule has 0 saturated heterocycles. The monoisotopic (exact) mass is 533 g/mol. The molecule has 29 heavy (non-hydrogen) atoms. The van der Waals surface area contributed by atoms with Gasteiger partial charge >= 0.3 is 0 Å². The number of rotatable bonds is 7. The van der Waals surface area contributed by atoms with E-state index in [1.165, 1.54) is 12.1 Å². The van der Waals surface area contributed by atoms with Crippen molar-refractivity contribution in [1.82, 2.24) is 10.6 Å². The van der Waals surface area contributed by atoms with E-state index < -0.39 is 0 Å². The van der Waals surface area contributed by atoms with Crippen LogP contribution in [-0.2, 0) is 24.2 Å². The molecule has 0 unspecified atom stereocenters. The van der Waals surface area contributed by atoms with Crippen LogP contribution in [0.5, 0.6) is 5.75 Å². The standard InChI is InChI=1S/C21H25ClFN3O2.HI/c1-2-24-21(25-9-7-15-5-3-4-6-19(15)22)26-10-8-16-11-18(23)12-17-13-27-14-28-20(16)17;/h3-6,11-12H,2,7-10,13-14H2,1H3,(H2,24,25,26);1H. The zero-order valence-electron chi connectivity index (χ0n) is 16.3. The van der Waals surface area contributed by atoms with E-state index >= 15 is 0 Å². The Morgan fingerprint density at radius 2 is 2.00 bits per heavy atom. The summed E-state index contributed by atoms with van der Waals surface area (Å²) in [5.41, 5.74) is 2.66. The second kappa shape index (κ2) is 12.2. The van der Waals surface area contributed by atoms with Gasteiger partial charge in [-0.05, 0) is 49.1 Å². The van der Waals surface area contributed by atoms with Crippen LogP contribution in [0.25, 0.3) is 0 Å². The zero-order chi connectivity index (χ0) is 19.8. The van der Waals surface area contributed by atoms with Crippen LogP contribution < -0.4 is 15.4 Å². The Bertz CT molecular complexity index is 836. The number of aliphatic imine (C=N–C) groups is 1. The Morgan fingerprint density at radius 3 is 2.79 bits per heavy atom. The summed E-state index contributed by atoms with van der Waals surface area (Å²) in [4.78, 5) is 4.60. The Hall–Kier alpha value is -1.58. The van der Waals surface area contributed by atoms with Crippen molar-refractivity contribution < 1.29 is 13.9 Å². The maximum Gasteiger partial charge on any atom is 0.191 e. The van der Waals surface area contributed by atoms with Gasteiger partial charge in [0.25, 0.3) is 0 Å². The Labute approximate surface area is 193 Å². The normalized spacial score (nSPS) is 13.1. The van der Waals surface area contributed by atoms with Gasteiger partial charge < -0.3 is 20.1 Å². The van der Waals surface area contributed by atoms with Crippen LogP contribution in [0.1, 0.15) is 23.6 Å². The highest BCUT2D eigenvalue weighted by Gasteiger charge is 2.16. The van der Waals surface area contributed by atoms with E-state index in [9.17, 15) is 4.39 Å². The van der Waals surface area contributed by atoms with Gasteiger partial charge in [-0.1, -0.05) is 29.8 Å². The van der Waals surface area contributed by atoms with Gasteiger partial charge in [0, 0.05) is 30.2 Å². The highest BCUT2D eigenvalue weighted by atomic mass is 127. The first-order valence-corrected chi connectivity index (χ1v) is 9.82. The first kappa shape index (κ1) is 23.7. The summed E-state index contributed by atoms with van der Waals surface area (Å²) in [5.74, 6) is 1.18. The first-order valence-electron chi connectivity index (χ1n) is 9.44. The lowest BCUT2D eigenvalue weighted by Crippen LogP contribution is -2.38. The molecule has 0 bridgehead atoms. The van der Waals surface area contributed by atoms with Gasteiger partial charge in [-0.3, -0.25) is 4.99 Å². The zero-order valence-corrected chi connectivity index (χ0v) is 19.4. The van der Waals surface area contributed by atoms with Crippen LogP contribution in [0.2, 0.25) is 5.02 Å². The molecule has 1 heterocycles. The lowest BCUT2D eigenvalue weighted by atomic mass is 10.1. The van der Waals surface area contributed by atoms with E-state index in [4.69, 9.17) is 21.1 Å². The molecule has 2 aromatic rings. The number of hydrogen-bond donors (Lipinski definition) is 2. The molecule has 0 spiro atoms. The minimum atomic E-state index is -0.275. The summed E-state index contributed by atoms with van der Waals surface area (Å²) in [6.07, 6.45) is 1.39. The average Bonchev–Trinajstić information content (AvgIpc) is 2.69. The van der Waals surface area contributed by atoms with E-state index in [0.29, 0.717) is 26.1 Å². The van der Waals surface area contributed by atoms with E-state index in [2.05, 4.69) is 15.6 Å². The first-order chi connectivity index (χ1) is 13.7. The molecule has 3 rings (SSSR count). The number of nitrogens with zero attached hydrogens (tertiary/aromatic N) is 1. The van der Waals surface area contributed by atoms with Crippen molar-refractivity contribution in [2.75, 3.05) is 26.4 Å². The molecular formula is C21H26ClFIN3O2. The van der Waals surface area contributed by atoms with Crippen molar-refractivity contribution in [3.8, 4) is 5.75 Å². The van der Waals surface area contributed by atoms with Gasteiger partial charge in [0.15, 0.2) is 12.8 Å². The summed E-state index contributed by atoms with van der Waals surface area (Å²) in [6.45, 7) is 4.58. The molecule has 0 aromatic heterocycles. The second-order valence-corrected chi connectivity index (χ2v) is 6.85. The molecule has 0 atom stereocenters. The molecule has 2 N–H and O–H groups in total. The number of ether oxygens (including phenoxy) is 2. The van der Waals surface area contributed by atoms with E-state index in [1.54, 1.807) is 0 Å². The number of halogens is 3. The van der Waals surface area contributed by atoms with E-state index in [-0.39, 0.29) is 36.6 Å².